The summed E-state index contributed by atoms with van der Waals surface area (Å²) in [6.07, 6.45) is 0. The number of ether oxygens (including phenoxy) is 1. The third-order valence-corrected chi connectivity index (χ3v) is 5.33. The van der Waals surface area contributed by atoms with Crippen molar-refractivity contribution < 1.29 is 18.7 Å². The average molecular weight is 488 g/mol. The van der Waals surface area contributed by atoms with Gasteiger partial charge in [0.15, 0.2) is 0 Å². The van der Waals surface area contributed by atoms with Crippen LogP contribution in [0.2, 0.25) is 0 Å². The van der Waals surface area contributed by atoms with Gasteiger partial charge in [0.1, 0.15) is 18.2 Å². The molecule has 0 radical (unpaired) electrons. The molecule has 0 aliphatic rings. The first-order valence-electron chi connectivity index (χ1n) is 11.3. The number of para-hydroxylation sites is 1. The number of hydrogen-bond acceptors (Lipinski definition) is 4. The number of aromatic nitrogens is 2. The minimum Gasteiger partial charge on any atom is -0.383 e. The van der Waals surface area contributed by atoms with Gasteiger partial charge in [0.05, 0.1) is 18.0 Å². The second-order valence-electron chi connectivity index (χ2n) is 7.93. The van der Waals surface area contributed by atoms with Gasteiger partial charge in [-0.3, -0.25) is 4.79 Å². The summed E-state index contributed by atoms with van der Waals surface area (Å²) in [7, 11) is 1.53. The highest BCUT2D eigenvalue weighted by Gasteiger charge is 2.20. The van der Waals surface area contributed by atoms with Gasteiger partial charge in [-0.1, -0.05) is 48.5 Å². The number of halogens is 1. The number of amides is 3. The summed E-state index contributed by atoms with van der Waals surface area (Å²) >= 11 is 0. The Morgan fingerprint density at radius 1 is 0.944 bits per heavy atom. The van der Waals surface area contributed by atoms with E-state index in [1.807, 2.05) is 48.5 Å². The van der Waals surface area contributed by atoms with E-state index in [0.29, 0.717) is 22.9 Å². The second-order valence-corrected chi connectivity index (χ2v) is 7.93. The fraction of sp³-hybridized carbons (Fsp3) is 0.148. The van der Waals surface area contributed by atoms with Crippen molar-refractivity contribution in [2.45, 2.75) is 0 Å². The number of benzene rings is 3. The lowest BCUT2D eigenvalue weighted by atomic mass is 10.1. The van der Waals surface area contributed by atoms with Crippen molar-refractivity contribution >= 4 is 23.4 Å². The highest BCUT2D eigenvalue weighted by Crippen LogP contribution is 2.25. The number of carbonyl (C=O) groups is 2. The minimum absolute atomic E-state index is 0.211. The van der Waals surface area contributed by atoms with E-state index in [9.17, 15) is 14.0 Å². The summed E-state index contributed by atoms with van der Waals surface area (Å²) in [5.41, 5.74) is 2.69. The quantitative estimate of drug-likeness (QED) is 0.355. The number of hydrogen-bond donors (Lipinski definition) is 2. The van der Waals surface area contributed by atoms with Crippen LogP contribution in [0, 0.1) is 5.82 Å². The van der Waals surface area contributed by atoms with E-state index in [1.165, 1.54) is 28.8 Å². The fourth-order valence-corrected chi connectivity index (χ4v) is 3.53. The zero-order valence-corrected chi connectivity index (χ0v) is 19.7. The molecule has 1 heterocycles. The van der Waals surface area contributed by atoms with E-state index >= 15 is 0 Å². The highest BCUT2D eigenvalue weighted by molar-refractivity contribution is 5.97. The molecule has 0 bridgehead atoms. The van der Waals surface area contributed by atoms with Crippen molar-refractivity contribution in [3.05, 3.63) is 96.8 Å². The van der Waals surface area contributed by atoms with Crippen LogP contribution in [0.5, 0.6) is 0 Å². The molecule has 1 aromatic heterocycles. The van der Waals surface area contributed by atoms with Crippen LogP contribution in [0.3, 0.4) is 0 Å². The number of carbonyl (C=O) groups excluding carboxylic acids is 2. The second kappa shape index (κ2) is 11.8. The molecule has 0 unspecified atom stereocenters. The van der Waals surface area contributed by atoms with Crippen molar-refractivity contribution in [2.24, 2.45) is 0 Å². The highest BCUT2D eigenvalue weighted by atomic mass is 19.1. The first-order valence-corrected chi connectivity index (χ1v) is 11.3. The van der Waals surface area contributed by atoms with E-state index in [0.717, 1.165) is 5.56 Å². The summed E-state index contributed by atoms with van der Waals surface area (Å²) in [6, 6.07) is 25.6. The first kappa shape index (κ1) is 24.6. The lowest BCUT2D eigenvalue weighted by molar-refractivity contribution is -0.116. The Morgan fingerprint density at radius 2 is 1.61 bits per heavy atom. The van der Waals surface area contributed by atoms with Crippen LogP contribution in [0.4, 0.5) is 20.7 Å². The van der Waals surface area contributed by atoms with Gasteiger partial charge in [-0.15, -0.1) is 0 Å². The number of urea groups is 1. The molecule has 0 saturated heterocycles. The van der Waals surface area contributed by atoms with Crippen LogP contribution < -0.4 is 10.6 Å². The Hall–Kier alpha value is -4.50. The van der Waals surface area contributed by atoms with Crippen molar-refractivity contribution in [3.8, 4) is 16.9 Å². The Balaban J connectivity index is 1.55. The van der Waals surface area contributed by atoms with Gasteiger partial charge < -0.3 is 20.3 Å². The number of anilines is 2. The molecule has 4 rings (SSSR count). The van der Waals surface area contributed by atoms with Crippen molar-refractivity contribution in [1.82, 2.24) is 14.7 Å². The summed E-state index contributed by atoms with van der Waals surface area (Å²) in [5, 5.41) is 10.3. The molecule has 3 amide bonds. The van der Waals surface area contributed by atoms with E-state index in [1.54, 1.807) is 30.3 Å². The van der Waals surface area contributed by atoms with E-state index in [2.05, 4.69) is 15.7 Å². The molecule has 0 aliphatic carbocycles. The largest absolute Gasteiger partial charge is 0.383 e. The molecule has 8 nitrogen and oxygen atoms in total. The normalized spacial score (nSPS) is 10.6. The Bertz CT molecular complexity index is 1290. The summed E-state index contributed by atoms with van der Waals surface area (Å²) < 4.78 is 20.2. The summed E-state index contributed by atoms with van der Waals surface area (Å²) in [4.78, 5) is 27.3. The fourth-order valence-electron chi connectivity index (χ4n) is 3.53. The number of rotatable bonds is 9. The van der Waals surface area contributed by atoms with E-state index in [4.69, 9.17) is 4.74 Å². The Kier molecular flexibility index (Phi) is 8.05. The van der Waals surface area contributed by atoms with Crippen molar-refractivity contribution in [1.29, 1.82) is 0 Å². The van der Waals surface area contributed by atoms with Crippen LogP contribution in [0.15, 0.2) is 91.0 Å². The van der Waals surface area contributed by atoms with Gasteiger partial charge in [0.25, 0.3) is 0 Å². The molecule has 0 saturated carbocycles. The van der Waals surface area contributed by atoms with Crippen molar-refractivity contribution in [3.63, 3.8) is 0 Å². The molecule has 0 aliphatic heterocycles. The topological polar surface area (TPSA) is 88.5 Å². The Labute approximate surface area is 208 Å². The Morgan fingerprint density at radius 3 is 2.28 bits per heavy atom. The minimum atomic E-state index is -0.426. The predicted octanol–water partition coefficient (Wildman–Crippen LogP) is 4.80. The van der Waals surface area contributed by atoms with E-state index in [-0.39, 0.29) is 25.5 Å². The molecule has 0 atom stereocenters. The van der Waals surface area contributed by atoms with Crippen LogP contribution in [-0.2, 0) is 9.53 Å². The van der Waals surface area contributed by atoms with Gasteiger partial charge >= 0.3 is 6.03 Å². The van der Waals surface area contributed by atoms with Gasteiger partial charge in [0, 0.05) is 31.0 Å². The molecule has 0 spiro atoms. The van der Waals surface area contributed by atoms with Crippen molar-refractivity contribution in [2.75, 3.05) is 37.4 Å². The smallest absolute Gasteiger partial charge is 0.322 e. The maximum Gasteiger partial charge on any atom is 0.322 e. The third-order valence-electron chi connectivity index (χ3n) is 5.33. The molecule has 4 aromatic rings. The van der Waals surface area contributed by atoms with Gasteiger partial charge in [0.2, 0.25) is 5.91 Å². The lowest BCUT2D eigenvalue weighted by Gasteiger charge is -2.22. The van der Waals surface area contributed by atoms with Gasteiger partial charge in [-0.2, -0.15) is 5.10 Å². The molecule has 9 heteroatoms. The molecule has 0 fully saturated rings. The van der Waals surface area contributed by atoms with Crippen LogP contribution >= 0.6 is 0 Å². The zero-order valence-electron chi connectivity index (χ0n) is 19.7. The maximum absolute atomic E-state index is 13.5. The molecule has 36 heavy (non-hydrogen) atoms. The monoisotopic (exact) mass is 487 g/mol. The number of nitrogens with zero attached hydrogens (tertiary/aromatic N) is 3. The molecule has 184 valence electrons. The first-order chi connectivity index (χ1) is 17.5. The molecular weight excluding hydrogens is 461 g/mol. The standard InChI is InChI=1S/C27H26FN5O3/c1-36-17-16-32(27(35)29-22-10-6-3-7-11-22)19-26(34)30-25-18-24(20-8-4-2-5-9-20)31-33(25)23-14-12-21(28)13-15-23/h2-15,18H,16-17,19H2,1H3,(H,29,35)(H,30,34). The molecule has 3 aromatic carbocycles. The molecular formula is C27H26FN5O3. The third kappa shape index (κ3) is 6.34. The predicted molar refractivity (Wildman–Crippen MR) is 136 cm³/mol. The average Bonchev–Trinajstić information content (AvgIpc) is 3.31. The SMILES string of the molecule is COCCN(CC(=O)Nc1cc(-c2ccccc2)nn1-c1ccc(F)cc1)C(=O)Nc1ccccc1. The van der Waals surface area contributed by atoms with E-state index < -0.39 is 11.9 Å². The van der Waals surface area contributed by atoms with Gasteiger partial charge in [-0.25, -0.2) is 13.9 Å². The summed E-state index contributed by atoms with van der Waals surface area (Å²) in [6.45, 7) is 0.271. The van der Waals surface area contributed by atoms with Crippen LogP contribution in [0.25, 0.3) is 16.9 Å². The van der Waals surface area contributed by atoms with Crippen LogP contribution in [0.1, 0.15) is 0 Å². The van der Waals surface area contributed by atoms with Crippen LogP contribution in [-0.4, -0.2) is 53.4 Å². The molecule has 2 N–H and O–H groups in total. The summed E-state index contributed by atoms with van der Waals surface area (Å²) in [5.74, 6) is -0.407. The number of nitrogens with one attached hydrogen (secondary N) is 2. The number of methoxy groups -OCH3 is 1. The van der Waals surface area contributed by atoms with Gasteiger partial charge in [-0.05, 0) is 36.4 Å². The lowest BCUT2D eigenvalue weighted by Crippen LogP contribution is -2.42. The zero-order chi connectivity index (χ0) is 25.3. The maximum atomic E-state index is 13.5.